The van der Waals surface area contributed by atoms with E-state index in [-0.39, 0.29) is 22.3 Å². The van der Waals surface area contributed by atoms with Gasteiger partial charge in [0.05, 0.1) is 18.8 Å². The van der Waals surface area contributed by atoms with E-state index in [1.807, 2.05) is 18.9 Å². The van der Waals surface area contributed by atoms with E-state index in [1.54, 1.807) is 23.9 Å². The minimum atomic E-state index is -0.234. The number of rotatable bonds is 6. The molecule has 20 heavy (non-hydrogen) atoms. The van der Waals surface area contributed by atoms with Crippen molar-refractivity contribution in [3.63, 3.8) is 0 Å². The van der Waals surface area contributed by atoms with Gasteiger partial charge in [-0.3, -0.25) is 4.79 Å². The van der Waals surface area contributed by atoms with E-state index >= 15 is 0 Å². The molecule has 0 aromatic heterocycles. The van der Waals surface area contributed by atoms with Gasteiger partial charge in [-0.15, -0.1) is 11.8 Å². The number of carbonyl (C=O) groups is 1. The van der Waals surface area contributed by atoms with Crippen LogP contribution in [-0.2, 0) is 4.79 Å². The van der Waals surface area contributed by atoms with Crippen molar-refractivity contribution in [3.05, 3.63) is 35.6 Å². The zero-order chi connectivity index (χ0) is 14.5. The zero-order valence-electron chi connectivity index (χ0n) is 12.0. The van der Waals surface area contributed by atoms with Crippen molar-refractivity contribution in [1.82, 2.24) is 4.90 Å². The van der Waals surface area contributed by atoms with Crippen LogP contribution in [0.15, 0.2) is 24.3 Å². The molecule has 3 nitrogen and oxygen atoms in total. The van der Waals surface area contributed by atoms with Crippen LogP contribution in [-0.4, -0.2) is 36.2 Å². The fraction of sp³-hybridized carbons (Fsp3) is 0.533. The summed E-state index contributed by atoms with van der Waals surface area (Å²) in [5.74, 6) is -0.00910. The van der Waals surface area contributed by atoms with Crippen molar-refractivity contribution in [2.45, 2.75) is 30.4 Å². The Morgan fingerprint density at radius 3 is 2.65 bits per heavy atom. The third-order valence-corrected chi connectivity index (χ3v) is 5.20. The molecule has 0 bridgehead atoms. The van der Waals surface area contributed by atoms with Gasteiger partial charge < -0.3 is 10.2 Å². The van der Waals surface area contributed by atoms with E-state index in [1.165, 1.54) is 12.1 Å². The van der Waals surface area contributed by atoms with E-state index < -0.39 is 0 Å². The Kier molecular flexibility index (Phi) is 5.43. The predicted octanol–water partition coefficient (Wildman–Crippen LogP) is 1.76. The molecule has 0 aliphatic carbocycles. The molecule has 0 spiro atoms. The number of carbonyl (C=O) groups excluding carboxylic acids is 1. The van der Waals surface area contributed by atoms with Gasteiger partial charge in [0, 0.05) is 13.0 Å². The first kappa shape index (κ1) is 15.3. The van der Waals surface area contributed by atoms with Gasteiger partial charge in [0.1, 0.15) is 11.2 Å². The highest BCUT2D eigenvalue weighted by atomic mass is 32.2. The molecule has 1 heterocycles. The summed E-state index contributed by atoms with van der Waals surface area (Å²) in [6.07, 6.45) is 1.83. The van der Waals surface area contributed by atoms with E-state index in [0.29, 0.717) is 0 Å². The summed E-state index contributed by atoms with van der Waals surface area (Å²) in [7, 11) is 2.03. The first-order valence-electron chi connectivity index (χ1n) is 7.16. The van der Waals surface area contributed by atoms with Crippen LogP contribution in [0.2, 0.25) is 0 Å². The molecule has 0 radical (unpaired) electrons. The van der Waals surface area contributed by atoms with Crippen LogP contribution < -0.4 is 5.32 Å². The largest absolute Gasteiger partial charge is 0.349 e. The molecule has 1 saturated heterocycles. The standard InChI is InChI=1S/C15H21FN2OS/c1-3-13-14(19)18(10-4-9-17-2)15(20-13)11-5-7-12(16)8-6-11/h5-8,13,15,17H,3-4,9-10H2,1-2H3/p+1/t13-,15+/m0/s1. The number of amides is 1. The lowest BCUT2D eigenvalue weighted by Crippen LogP contribution is -2.79. The van der Waals surface area contributed by atoms with Crippen molar-refractivity contribution in [3.8, 4) is 0 Å². The molecular weight excluding hydrogens is 275 g/mol. The monoisotopic (exact) mass is 297 g/mol. The molecule has 2 atom stereocenters. The molecular formula is C15H22FN2OS+. The molecule has 0 unspecified atom stereocenters. The lowest BCUT2D eigenvalue weighted by atomic mass is 10.2. The Labute approximate surface area is 123 Å². The maximum absolute atomic E-state index is 13.0. The van der Waals surface area contributed by atoms with E-state index in [2.05, 4.69) is 5.32 Å². The average molecular weight is 297 g/mol. The minimum absolute atomic E-state index is 0.0323. The Hall–Kier alpha value is -1.07. The maximum Gasteiger partial charge on any atom is 0.236 e. The lowest BCUT2D eigenvalue weighted by molar-refractivity contribution is -0.627. The molecule has 0 saturated carbocycles. The van der Waals surface area contributed by atoms with Gasteiger partial charge in [0.25, 0.3) is 0 Å². The second-order valence-corrected chi connectivity index (χ2v) is 6.31. The summed E-state index contributed by atoms with van der Waals surface area (Å²) in [6.45, 7) is 3.83. The Morgan fingerprint density at radius 2 is 2.05 bits per heavy atom. The number of quaternary nitrogens is 1. The van der Waals surface area contributed by atoms with Crippen molar-refractivity contribution < 1.29 is 14.5 Å². The number of hydrogen-bond donors (Lipinski definition) is 1. The van der Waals surface area contributed by atoms with Gasteiger partial charge in [-0.25, -0.2) is 4.39 Å². The van der Waals surface area contributed by atoms with Crippen LogP contribution in [0.3, 0.4) is 0 Å². The second kappa shape index (κ2) is 7.09. The number of thioether (sulfide) groups is 1. The van der Waals surface area contributed by atoms with Gasteiger partial charge in [-0.2, -0.15) is 0 Å². The normalized spacial score (nSPS) is 22.6. The predicted molar refractivity (Wildman–Crippen MR) is 79.9 cm³/mol. The second-order valence-electron chi connectivity index (χ2n) is 5.02. The lowest BCUT2D eigenvalue weighted by Gasteiger charge is -2.23. The van der Waals surface area contributed by atoms with Gasteiger partial charge in [-0.05, 0) is 24.1 Å². The van der Waals surface area contributed by atoms with E-state index in [4.69, 9.17) is 0 Å². The molecule has 1 aromatic rings. The Morgan fingerprint density at radius 1 is 1.35 bits per heavy atom. The third-order valence-electron chi connectivity index (χ3n) is 3.55. The highest BCUT2D eigenvalue weighted by molar-refractivity contribution is 8.01. The van der Waals surface area contributed by atoms with Crippen LogP contribution in [0, 0.1) is 5.82 Å². The summed E-state index contributed by atoms with van der Waals surface area (Å²) in [4.78, 5) is 14.4. The van der Waals surface area contributed by atoms with Crippen LogP contribution in [0.25, 0.3) is 0 Å². The molecule has 2 N–H and O–H groups in total. The Bertz CT molecular complexity index is 452. The topological polar surface area (TPSA) is 36.9 Å². The van der Waals surface area contributed by atoms with Gasteiger partial charge >= 0.3 is 0 Å². The SMILES string of the molecule is CC[C@@H]1S[C@H](c2ccc(F)cc2)N(CCC[NH2+]C)C1=O. The number of hydrogen-bond acceptors (Lipinski definition) is 2. The summed E-state index contributed by atoms with van der Waals surface area (Å²) in [5.41, 5.74) is 1.01. The molecule has 1 aliphatic rings. The first-order chi connectivity index (χ1) is 9.67. The molecule has 1 aromatic carbocycles. The molecule has 110 valence electrons. The van der Waals surface area contributed by atoms with Crippen molar-refractivity contribution in [2.75, 3.05) is 20.1 Å². The minimum Gasteiger partial charge on any atom is -0.349 e. The van der Waals surface area contributed by atoms with Crippen LogP contribution >= 0.6 is 11.8 Å². The summed E-state index contributed by atoms with van der Waals surface area (Å²) < 4.78 is 13.0. The van der Waals surface area contributed by atoms with Gasteiger partial charge in [0.15, 0.2) is 0 Å². The zero-order valence-corrected chi connectivity index (χ0v) is 12.8. The van der Waals surface area contributed by atoms with Crippen LogP contribution in [0.5, 0.6) is 0 Å². The van der Waals surface area contributed by atoms with Gasteiger partial charge in [-0.1, -0.05) is 19.1 Å². The number of benzene rings is 1. The van der Waals surface area contributed by atoms with Crippen molar-refractivity contribution >= 4 is 17.7 Å². The van der Waals surface area contributed by atoms with E-state index in [9.17, 15) is 9.18 Å². The summed E-state index contributed by atoms with van der Waals surface area (Å²) in [5, 5.41) is 2.19. The third kappa shape index (κ3) is 3.33. The smallest absolute Gasteiger partial charge is 0.236 e. The van der Waals surface area contributed by atoms with Crippen LogP contribution in [0.4, 0.5) is 4.39 Å². The average Bonchev–Trinajstić information content (AvgIpc) is 2.77. The fourth-order valence-electron chi connectivity index (χ4n) is 2.44. The number of nitrogens with zero attached hydrogens (tertiary/aromatic N) is 1. The highest BCUT2D eigenvalue weighted by Gasteiger charge is 2.39. The molecule has 1 aliphatic heterocycles. The molecule has 1 fully saturated rings. The van der Waals surface area contributed by atoms with Gasteiger partial charge in [0.2, 0.25) is 5.91 Å². The van der Waals surface area contributed by atoms with Crippen molar-refractivity contribution in [1.29, 1.82) is 0 Å². The van der Waals surface area contributed by atoms with Crippen LogP contribution in [0.1, 0.15) is 30.7 Å². The quantitative estimate of drug-likeness (QED) is 0.812. The molecule has 5 heteroatoms. The highest BCUT2D eigenvalue weighted by Crippen LogP contribution is 2.44. The Balaban J connectivity index is 2.15. The number of nitrogens with two attached hydrogens (primary N) is 1. The summed E-state index contributed by atoms with van der Waals surface area (Å²) >= 11 is 1.69. The first-order valence-corrected chi connectivity index (χ1v) is 8.11. The molecule has 2 rings (SSSR count). The maximum atomic E-state index is 13.0. The fourth-order valence-corrected chi connectivity index (χ4v) is 3.86. The van der Waals surface area contributed by atoms with E-state index in [0.717, 1.165) is 31.5 Å². The summed E-state index contributed by atoms with van der Waals surface area (Å²) in [6, 6.07) is 6.52. The number of halogens is 1. The molecule has 1 amide bonds. The van der Waals surface area contributed by atoms with Crippen molar-refractivity contribution in [2.24, 2.45) is 0 Å².